The minimum Gasteiger partial charge on any atom is -0.349 e. The molecular weight excluding hydrogens is 164 g/mol. The van der Waals surface area contributed by atoms with Crippen molar-refractivity contribution in [2.75, 3.05) is 6.54 Å². The monoisotopic (exact) mass is 178 g/mol. The number of ketones is 1. The smallest absolute Gasteiger partial charge is 0.155 e. The summed E-state index contributed by atoms with van der Waals surface area (Å²) in [5.74, 6) is 0.382. The number of aliphatic imine (C=N–C) groups is 1. The van der Waals surface area contributed by atoms with E-state index < -0.39 is 0 Å². The molecule has 0 N–H and O–H groups in total. The van der Waals surface area contributed by atoms with E-state index in [1.54, 1.807) is 12.5 Å². The zero-order chi connectivity index (χ0) is 9.10. The maximum absolute atomic E-state index is 11.6. The number of hydrogen-bond donors (Lipinski definition) is 0. The molecule has 0 amide bonds. The van der Waals surface area contributed by atoms with Crippen molar-refractivity contribution >= 4 is 12.1 Å². The maximum atomic E-state index is 11.6. The third kappa shape index (κ3) is 1.79. The standard InChI is InChI=1S/C10H14N2O/c13-10-5-2-1-4-9(10)12-7-3-6-11-8-12/h3,6,8-9H,1-2,4-5,7H2. The molecule has 0 bridgehead atoms. The van der Waals surface area contributed by atoms with E-state index in [1.165, 1.54) is 6.42 Å². The normalized spacial score (nSPS) is 28.2. The zero-order valence-corrected chi connectivity index (χ0v) is 7.65. The zero-order valence-electron chi connectivity index (χ0n) is 7.65. The Morgan fingerprint density at radius 2 is 2.38 bits per heavy atom. The topological polar surface area (TPSA) is 32.7 Å². The second kappa shape index (κ2) is 3.73. The summed E-state index contributed by atoms with van der Waals surface area (Å²) in [5.41, 5.74) is 0. The molecule has 1 aliphatic heterocycles. The van der Waals surface area contributed by atoms with Crippen LogP contribution in [0.3, 0.4) is 0 Å². The molecule has 13 heavy (non-hydrogen) atoms. The summed E-state index contributed by atoms with van der Waals surface area (Å²) in [7, 11) is 0. The van der Waals surface area contributed by atoms with Gasteiger partial charge in [0.15, 0.2) is 5.78 Å². The Morgan fingerprint density at radius 3 is 3.08 bits per heavy atom. The maximum Gasteiger partial charge on any atom is 0.155 e. The van der Waals surface area contributed by atoms with Gasteiger partial charge in [0.25, 0.3) is 0 Å². The molecule has 0 aromatic carbocycles. The van der Waals surface area contributed by atoms with Crippen LogP contribution in [0.25, 0.3) is 0 Å². The van der Waals surface area contributed by atoms with Gasteiger partial charge in [-0.05, 0) is 18.9 Å². The van der Waals surface area contributed by atoms with Crippen LogP contribution >= 0.6 is 0 Å². The lowest BCUT2D eigenvalue weighted by Gasteiger charge is -2.31. The SMILES string of the molecule is O=C1CCCCC1N1C=NC=CC1. The molecule has 0 spiro atoms. The Morgan fingerprint density at radius 1 is 1.46 bits per heavy atom. The molecule has 0 saturated heterocycles. The highest BCUT2D eigenvalue weighted by atomic mass is 16.1. The molecule has 1 unspecified atom stereocenters. The van der Waals surface area contributed by atoms with Crippen LogP contribution in [0.1, 0.15) is 25.7 Å². The van der Waals surface area contributed by atoms with Crippen LogP contribution in [0.2, 0.25) is 0 Å². The van der Waals surface area contributed by atoms with Crippen LogP contribution in [0.15, 0.2) is 17.3 Å². The average molecular weight is 178 g/mol. The van der Waals surface area contributed by atoms with Gasteiger partial charge in [0.05, 0.1) is 12.4 Å². The van der Waals surface area contributed by atoms with Crippen molar-refractivity contribution in [3.8, 4) is 0 Å². The first-order chi connectivity index (χ1) is 6.38. The summed E-state index contributed by atoms with van der Waals surface area (Å²) in [4.78, 5) is 17.6. The van der Waals surface area contributed by atoms with E-state index in [2.05, 4.69) is 4.99 Å². The summed E-state index contributed by atoms with van der Waals surface area (Å²) < 4.78 is 0. The highest BCUT2D eigenvalue weighted by Crippen LogP contribution is 2.19. The summed E-state index contributed by atoms with van der Waals surface area (Å²) in [6.07, 6.45) is 9.54. The average Bonchev–Trinajstić information content (AvgIpc) is 2.20. The first-order valence-corrected chi connectivity index (χ1v) is 4.85. The Hall–Kier alpha value is -1.12. The van der Waals surface area contributed by atoms with Gasteiger partial charge in [-0.3, -0.25) is 4.79 Å². The molecule has 0 aromatic rings. The molecule has 1 atom stereocenters. The molecule has 1 fully saturated rings. The first-order valence-electron chi connectivity index (χ1n) is 4.85. The molecule has 2 aliphatic rings. The van der Waals surface area contributed by atoms with Crippen molar-refractivity contribution in [3.63, 3.8) is 0 Å². The number of hydrogen-bond acceptors (Lipinski definition) is 3. The van der Waals surface area contributed by atoms with Crippen molar-refractivity contribution in [2.24, 2.45) is 4.99 Å². The molecule has 2 rings (SSSR count). The number of nitrogens with zero attached hydrogens (tertiary/aromatic N) is 2. The molecule has 70 valence electrons. The van der Waals surface area contributed by atoms with E-state index in [0.717, 1.165) is 25.8 Å². The quantitative estimate of drug-likeness (QED) is 0.607. The van der Waals surface area contributed by atoms with Crippen LogP contribution in [0, 0.1) is 0 Å². The van der Waals surface area contributed by atoms with E-state index in [-0.39, 0.29) is 6.04 Å². The Labute approximate surface area is 78.1 Å². The molecule has 3 heteroatoms. The minimum atomic E-state index is 0.0995. The molecule has 1 aliphatic carbocycles. The molecule has 1 heterocycles. The van der Waals surface area contributed by atoms with Crippen LogP contribution in [-0.2, 0) is 4.79 Å². The van der Waals surface area contributed by atoms with Gasteiger partial charge in [-0.2, -0.15) is 0 Å². The van der Waals surface area contributed by atoms with Crippen LogP contribution in [0.5, 0.6) is 0 Å². The summed E-state index contributed by atoms with van der Waals surface area (Å²) in [5, 5.41) is 0. The highest BCUT2D eigenvalue weighted by Gasteiger charge is 2.26. The lowest BCUT2D eigenvalue weighted by molar-refractivity contribution is -0.124. The largest absolute Gasteiger partial charge is 0.349 e. The third-order valence-corrected chi connectivity index (χ3v) is 2.65. The Balaban J connectivity index is 2.02. The van der Waals surface area contributed by atoms with Crippen molar-refractivity contribution in [1.29, 1.82) is 0 Å². The van der Waals surface area contributed by atoms with Crippen LogP contribution in [-0.4, -0.2) is 29.6 Å². The van der Waals surface area contributed by atoms with Gasteiger partial charge in [-0.1, -0.05) is 6.42 Å². The second-order valence-electron chi connectivity index (χ2n) is 3.57. The van der Waals surface area contributed by atoms with E-state index in [9.17, 15) is 4.79 Å². The van der Waals surface area contributed by atoms with E-state index in [0.29, 0.717) is 5.78 Å². The number of rotatable bonds is 1. The summed E-state index contributed by atoms with van der Waals surface area (Å²) >= 11 is 0. The fourth-order valence-corrected chi connectivity index (χ4v) is 1.92. The fourth-order valence-electron chi connectivity index (χ4n) is 1.92. The number of carbonyl (C=O) groups excluding carboxylic acids is 1. The van der Waals surface area contributed by atoms with Gasteiger partial charge in [0.1, 0.15) is 0 Å². The molecular formula is C10H14N2O. The van der Waals surface area contributed by atoms with E-state index >= 15 is 0 Å². The van der Waals surface area contributed by atoms with Gasteiger partial charge < -0.3 is 4.90 Å². The Bertz CT molecular complexity index is 258. The van der Waals surface area contributed by atoms with Crippen LogP contribution in [0.4, 0.5) is 0 Å². The van der Waals surface area contributed by atoms with Gasteiger partial charge in [0.2, 0.25) is 0 Å². The van der Waals surface area contributed by atoms with Gasteiger partial charge in [-0.15, -0.1) is 0 Å². The van der Waals surface area contributed by atoms with Crippen molar-refractivity contribution in [1.82, 2.24) is 4.90 Å². The molecule has 3 nitrogen and oxygen atoms in total. The Kier molecular flexibility index (Phi) is 2.43. The molecule has 1 saturated carbocycles. The minimum absolute atomic E-state index is 0.0995. The van der Waals surface area contributed by atoms with Gasteiger partial charge in [0, 0.05) is 19.2 Å². The number of carbonyl (C=O) groups is 1. The lowest BCUT2D eigenvalue weighted by Crippen LogP contribution is -2.42. The lowest BCUT2D eigenvalue weighted by atomic mass is 9.93. The van der Waals surface area contributed by atoms with E-state index in [4.69, 9.17) is 0 Å². The first kappa shape index (κ1) is 8.48. The summed E-state index contributed by atoms with van der Waals surface area (Å²) in [6, 6.07) is 0.0995. The number of Topliss-reactive ketones (excluding diaryl/α,β-unsaturated/α-hetero) is 1. The predicted octanol–water partition coefficient (Wildman–Crippen LogP) is 1.36. The third-order valence-electron chi connectivity index (χ3n) is 2.65. The molecule has 0 aromatic heterocycles. The fraction of sp³-hybridized carbons (Fsp3) is 0.600. The van der Waals surface area contributed by atoms with Gasteiger partial charge >= 0.3 is 0 Å². The van der Waals surface area contributed by atoms with Crippen molar-refractivity contribution < 1.29 is 4.79 Å². The van der Waals surface area contributed by atoms with E-state index in [1.807, 2.05) is 11.0 Å². The second-order valence-corrected chi connectivity index (χ2v) is 3.57. The highest BCUT2D eigenvalue weighted by molar-refractivity contribution is 5.86. The van der Waals surface area contributed by atoms with Gasteiger partial charge in [-0.25, -0.2) is 4.99 Å². The van der Waals surface area contributed by atoms with Crippen LogP contribution < -0.4 is 0 Å². The van der Waals surface area contributed by atoms with Crippen molar-refractivity contribution in [3.05, 3.63) is 12.3 Å². The molecule has 0 radical (unpaired) electrons. The van der Waals surface area contributed by atoms with Crippen molar-refractivity contribution in [2.45, 2.75) is 31.7 Å². The predicted molar refractivity (Wildman–Crippen MR) is 51.6 cm³/mol. The summed E-state index contributed by atoms with van der Waals surface area (Å²) in [6.45, 7) is 0.833.